The van der Waals surface area contributed by atoms with Crippen molar-refractivity contribution in [1.82, 2.24) is 5.32 Å². The Bertz CT molecular complexity index is 700. The fourth-order valence-corrected chi connectivity index (χ4v) is 2.88. The van der Waals surface area contributed by atoms with Crippen molar-refractivity contribution in [2.45, 2.75) is 0 Å². The molecule has 1 aromatic heterocycles. The molecule has 0 atom stereocenters. The topological polar surface area (TPSA) is 66.4 Å². The zero-order valence-corrected chi connectivity index (χ0v) is 10.5. The predicted molar refractivity (Wildman–Crippen MR) is 72.5 cm³/mol. The zero-order valence-electron chi connectivity index (χ0n) is 9.71. The van der Waals surface area contributed by atoms with Gasteiger partial charge in [0.1, 0.15) is 5.57 Å². The predicted octanol–water partition coefficient (Wildman–Crippen LogP) is 2.34. The highest BCUT2D eigenvalue weighted by Crippen LogP contribution is 2.32. The van der Waals surface area contributed by atoms with Crippen LogP contribution >= 0.6 is 11.3 Å². The molecule has 0 aliphatic carbocycles. The minimum atomic E-state index is -0.741. The van der Waals surface area contributed by atoms with Crippen LogP contribution in [0.15, 0.2) is 47.5 Å². The van der Waals surface area contributed by atoms with E-state index in [1.165, 1.54) is 11.3 Å². The lowest BCUT2D eigenvalue weighted by Gasteiger charge is -1.96. The number of carbonyl (C=O) groups excluding carboxylic acids is 2. The van der Waals surface area contributed by atoms with Gasteiger partial charge in [0.2, 0.25) is 0 Å². The lowest BCUT2D eigenvalue weighted by molar-refractivity contribution is -0.124. The summed E-state index contributed by atoms with van der Waals surface area (Å²) in [6.07, 6.45) is 0. The highest BCUT2D eigenvalue weighted by atomic mass is 32.1. The Kier molecular flexibility index (Phi) is 2.68. The number of benzene rings is 1. The number of hydrogen-bond donors (Lipinski definition) is 2. The molecule has 2 amide bonds. The van der Waals surface area contributed by atoms with Crippen molar-refractivity contribution < 1.29 is 14.7 Å². The highest BCUT2D eigenvalue weighted by molar-refractivity contribution is 7.12. The van der Waals surface area contributed by atoms with Gasteiger partial charge in [-0.25, -0.2) is 0 Å². The lowest BCUT2D eigenvalue weighted by Crippen LogP contribution is -2.22. The molecule has 0 radical (unpaired) electrons. The van der Waals surface area contributed by atoms with Crippen LogP contribution in [0.2, 0.25) is 0 Å². The number of thiophene rings is 1. The Morgan fingerprint density at radius 1 is 1.00 bits per heavy atom. The molecule has 5 heteroatoms. The largest absolute Gasteiger partial charge is 0.502 e. The van der Waals surface area contributed by atoms with Crippen molar-refractivity contribution >= 4 is 28.7 Å². The quantitative estimate of drug-likeness (QED) is 0.824. The number of hydrogen-bond acceptors (Lipinski definition) is 4. The second-order valence-corrected chi connectivity index (χ2v) is 4.98. The van der Waals surface area contributed by atoms with E-state index in [-0.39, 0.29) is 5.57 Å². The summed E-state index contributed by atoms with van der Waals surface area (Å²) in [5.74, 6) is -1.80. The summed E-state index contributed by atoms with van der Waals surface area (Å²) in [5, 5.41) is 13.6. The van der Waals surface area contributed by atoms with Crippen LogP contribution in [0.3, 0.4) is 0 Å². The molecule has 4 nitrogen and oxygen atoms in total. The first-order valence-electron chi connectivity index (χ1n) is 5.60. The normalized spacial score (nSPS) is 14.9. The van der Waals surface area contributed by atoms with Crippen LogP contribution in [0.4, 0.5) is 0 Å². The summed E-state index contributed by atoms with van der Waals surface area (Å²) in [6, 6.07) is 11.5. The van der Waals surface area contributed by atoms with E-state index in [1.807, 2.05) is 35.7 Å². The molecule has 1 aliphatic rings. The molecule has 1 aromatic carbocycles. The van der Waals surface area contributed by atoms with Crippen molar-refractivity contribution in [3.63, 3.8) is 0 Å². The minimum Gasteiger partial charge on any atom is -0.502 e. The summed E-state index contributed by atoms with van der Waals surface area (Å²) in [6.45, 7) is 0. The van der Waals surface area contributed by atoms with Crippen LogP contribution in [-0.4, -0.2) is 16.9 Å². The molecule has 94 valence electrons. The first-order valence-corrected chi connectivity index (χ1v) is 6.48. The van der Waals surface area contributed by atoms with E-state index in [1.54, 1.807) is 6.07 Å². The molecule has 2 N–H and O–H groups in total. The second kappa shape index (κ2) is 4.37. The summed E-state index contributed by atoms with van der Waals surface area (Å²) in [4.78, 5) is 23.4. The first-order chi connectivity index (χ1) is 9.16. The van der Waals surface area contributed by atoms with Gasteiger partial charge < -0.3 is 5.11 Å². The van der Waals surface area contributed by atoms with Gasteiger partial charge in [-0.05, 0) is 22.6 Å². The van der Waals surface area contributed by atoms with Gasteiger partial charge in [0.05, 0.1) is 0 Å². The van der Waals surface area contributed by atoms with E-state index in [2.05, 4.69) is 5.32 Å². The molecule has 0 saturated heterocycles. The molecule has 3 rings (SSSR count). The van der Waals surface area contributed by atoms with Gasteiger partial charge in [-0.1, -0.05) is 30.3 Å². The lowest BCUT2D eigenvalue weighted by atomic mass is 10.1. The molecule has 0 spiro atoms. The maximum atomic E-state index is 11.6. The number of rotatable bonds is 2. The van der Waals surface area contributed by atoms with Gasteiger partial charge in [0.25, 0.3) is 11.8 Å². The third-order valence-electron chi connectivity index (χ3n) is 2.86. The van der Waals surface area contributed by atoms with Crippen molar-refractivity contribution in [1.29, 1.82) is 0 Å². The number of aliphatic hydroxyl groups excluding tert-OH is 1. The smallest absolute Gasteiger partial charge is 0.293 e. The van der Waals surface area contributed by atoms with Crippen LogP contribution in [0.5, 0.6) is 0 Å². The monoisotopic (exact) mass is 271 g/mol. The van der Waals surface area contributed by atoms with E-state index >= 15 is 0 Å². The SMILES string of the molecule is O=C1NC(=O)C(c2cc(-c3ccccc3)cs2)=C1O. The average molecular weight is 271 g/mol. The summed E-state index contributed by atoms with van der Waals surface area (Å²) in [7, 11) is 0. The third-order valence-corrected chi connectivity index (χ3v) is 3.81. The average Bonchev–Trinajstić information content (AvgIpc) is 2.97. The highest BCUT2D eigenvalue weighted by Gasteiger charge is 2.31. The van der Waals surface area contributed by atoms with Gasteiger partial charge in [0.15, 0.2) is 5.76 Å². The van der Waals surface area contributed by atoms with Crippen LogP contribution in [0.25, 0.3) is 16.7 Å². The van der Waals surface area contributed by atoms with Crippen molar-refractivity contribution in [2.24, 2.45) is 0 Å². The van der Waals surface area contributed by atoms with Crippen LogP contribution in [0.1, 0.15) is 4.88 Å². The number of nitrogens with one attached hydrogen (secondary N) is 1. The molecule has 0 bridgehead atoms. The van der Waals surface area contributed by atoms with E-state index in [9.17, 15) is 14.7 Å². The van der Waals surface area contributed by atoms with E-state index in [0.29, 0.717) is 4.88 Å². The number of carbonyl (C=O) groups is 2. The molecule has 0 fully saturated rings. The van der Waals surface area contributed by atoms with Crippen molar-refractivity contribution in [3.8, 4) is 11.1 Å². The Morgan fingerprint density at radius 3 is 2.37 bits per heavy atom. The summed E-state index contributed by atoms with van der Waals surface area (Å²) in [5.41, 5.74) is 2.03. The minimum absolute atomic E-state index is 0.0529. The maximum Gasteiger partial charge on any atom is 0.293 e. The molecule has 0 unspecified atom stereocenters. The molecule has 2 heterocycles. The Balaban J connectivity index is 2.04. The Labute approximate surface area is 113 Å². The van der Waals surface area contributed by atoms with Gasteiger partial charge in [0, 0.05) is 4.88 Å². The number of aliphatic hydroxyl groups is 1. The number of imide groups is 1. The fourth-order valence-electron chi connectivity index (χ4n) is 1.92. The Hall–Kier alpha value is -2.40. The molecule has 2 aromatic rings. The standard InChI is InChI=1S/C14H9NO3S/c16-12-11(13(17)15-14(12)18)10-6-9(7-19-10)8-4-2-1-3-5-8/h1-7H,(H2,15,16,17,18). The van der Waals surface area contributed by atoms with Crippen molar-refractivity contribution in [3.05, 3.63) is 52.4 Å². The van der Waals surface area contributed by atoms with Gasteiger partial charge >= 0.3 is 0 Å². The third kappa shape index (κ3) is 1.94. The molecule has 1 aliphatic heterocycles. The van der Waals surface area contributed by atoms with Crippen LogP contribution in [-0.2, 0) is 9.59 Å². The Morgan fingerprint density at radius 2 is 1.74 bits per heavy atom. The van der Waals surface area contributed by atoms with Crippen LogP contribution in [0, 0.1) is 0 Å². The van der Waals surface area contributed by atoms with E-state index in [4.69, 9.17) is 0 Å². The van der Waals surface area contributed by atoms with Crippen LogP contribution < -0.4 is 5.32 Å². The van der Waals surface area contributed by atoms with Crippen molar-refractivity contribution in [2.75, 3.05) is 0 Å². The van der Waals surface area contributed by atoms with Gasteiger partial charge in [-0.3, -0.25) is 14.9 Å². The van der Waals surface area contributed by atoms with E-state index < -0.39 is 17.6 Å². The zero-order chi connectivity index (χ0) is 13.4. The molecular formula is C14H9NO3S. The molecule has 19 heavy (non-hydrogen) atoms. The first kappa shape index (κ1) is 11.7. The number of amides is 2. The summed E-state index contributed by atoms with van der Waals surface area (Å²) < 4.78 is 0. The van der Waals surface area contributed by atoms with E-state index in [0.717, 1.165) is 11.1 Å². The second-order valence-electron chi connectivity index (χ2n) is 4.07. The fraction of sp³-hybridized carbons (Fsp3) is 0. The maximum absolute atomic E-state index is 11.6. The van der Waals surface area contributed by atoms with Gasteiger partial charge in [-0.2, -0.15) is 0 Å². The molecular weight excluding hydrogens is 262 g/mol. The van der Waals surface area contributed by atoms with Gasteiger partial charge in [-0.15, -0.1) is 11.3 Å². The summed E-state index contributed by atoms with van der Waals surface area (Å²) >= 11 is 1.32. The molecule has 0 saturated carbocycles.